The van der Waals surface area contributed by atoms with E-state index in [0.717, 1.165) is 29.1 Å². The van der Waals surface area contributed by atoms with E-state index in [1.807, 2.05) is 0 Å². The van der Waals surface area contributed by atoms with Crippen LogP contribution in [-0.2, 0) is 0 Å². The van der Waals surface area contributed by atoms with Gasteiger partial charge in [0.15, 0.2) is 0 Å². The highest BCUT2D eigenvalue weighted by atomic mass is 14.9. The van der Waals surface area contributed by atoms with Gasteiger partial charge >= 0.3 is 0 Å². The first kappa shape index (κ1) is 9.21. The SMILES string of the molecule is CNCC1C[C@]12C[C@H]1C[C@H]1CC[C@H]2C. The summed E-state index contributed by atoms with van der Waals surface area (Å²) in [5, 5.41) is 3.37. The molecule has 80 valence electrons. The van der Waals surface area contributed by atoms with Gasteiger partial charge in [0.05, 0.1) is 0 Å². The maximum absolute atomic E-state index is 3.37. The van der Waals surface area contributed by atoms with Gasteiger partial charge in [0.1, 0.15) is 0 Å². The topological polar surface area (TPSA) is 12.0 Å². The van der Waals surface area contributed by atoms with Gasteiger partial charge in [-0.05, 0) is 74.8 Å². The van der Waals surface area contributed by atoms with Gasteiger partial charge < -0.3 is 5.32 Å². The van der Waals surface area contributed by atoms with Crippen molar-refractivity contribution in [3.05, 3.63) is 0 Å². The van der Waals surface area contributed by atoms with Crippen LogP contribution in [0.4, 0.5) is 0 Å². The summed E-state index contributed by atoms with van der Waals surface area (Å²) in [6.45, 7) is 3.78. The van der Waals surface area contributed by atoms with E-state index in [-0.39, 0.29) is 0 Å². The first-order chi connectivity index (χ1) is 6.76. The second kappa shape index (κ2) is 2.98. The van der Waals surface area contributed by atoms with Crippen molar-refractivity contribution in [3.63, 3.8) is 0 Å². The van der Waals surface area contributed by atoms with Crippen LogP contribution in [0.2, 0.25) is 0 Å². The Labute approximate surface area is 87.7 Å². The molecule has 0 heterocycles. The Morgan fingerprint density at radius 2 is 2.07 bits per heavy atom. The minimum Gasteiger partial charge on any atom is -0.319 e. The summed E-state index contributed by atoms with van der Waals surface area (Å²) in [7, 11) is 2.10. The minimum absolute atomic E-state index is 0.791. The summed E-state index contributed by atoms with van der Waals surface area (Å²) >= 11 is 0. The fourth-order valence-electron chi connectivity index (χ4n) is 4.13. The molecule has 3 aliphatic carbocycles. The van der Waals surface area contributed by atoms with Crippen LogP contribution in [0.15, 0.2) is 0 Å². The molecule has 5 atom stereocenters. The summed E-state index contributed by atoms with van der Waals surface area (Å²) < 4.78 is 0. The van der Waals surface area contributed by atoms with Crippen molar-refractivity contribution in [1.29, 1.82) is 0 Å². The van der Waals surface area contributed by atoms with Crippen LogP contribution in [0.1, 0.15) is 39.0 Å². The third kappa shape index (κ3) is 1.25. The van der Waals surface area contributed by atoms with Crippen molar-refractivity contribution in [2.24, 2.45) is 29.1 Å². The standard InChI is InChI=1S/C13H23N/c1-9-3-4-10-5-11(10)6-13(9)7-12(13)8-14-2/h9-12,14H,3-8H2,1-2H3/t9-,10-,11-,12?,13+/m1/s1. The Balaban J connectivity index is 1.71. The lowest BCUT2D eigenvalue weighted by Crippen LogP contribution is -2.20. The fourth-order valence-corrected chi connectivity index (χ4v) is 4.13. The van der Waals surface area contributed by atoms with Crippen LogP contribution >= 0.6 is 0 Å². The minimum atomic E-state index is 0.791. The van der Waals surface area contributed by atoms with Gasteiger partial charge in [-0.1, -0.05) is 6.92 Å². The van der Waals surface area contributed by atoms with Crippen molar-refractivity contribution in [3.8, 4) is 0 Å². The quantitative estimate of drug-likeness (QED) is 0.711. The fraction of sp³-hybridized carbons (Fsp3) is 1.00. The summed E-state index contributed by atoms with van der Waals surface area (Å²) in [5.74, 6) is 4.31. The summed E-state index contributed by atoms with van der Waals surface area (Å²) in [6, 6.07) is 0. The highest BCUT2D eigenvalue weighted by molar-refractivity contribution is 5.10. The molecule has 3 fully saturated rings. The molecule has 1 unspecified atom stereocenters. The van der Waals surface area contributed by atoms with E-state index in [9.17, 15) is 0 Å². The predicted molar refractivity (Wildman–Crippen MR) is 59.1 cm³/mol. The lowest BCUT2D eigenvalue weighted by atomic mass is 9.82. The molecule has 3 saturated carbocycles. The molecule has 0 bridgehead atoms. The molecule has 1 spiro atoms. The Hall–Kier alpha value is -0.0400. The average molecular weight is 193 g/mol. The van der Waals surface area contributed by atoms with Gasteiger partial charge in [-0.2, -0.15) is 0 Å². The number of rotatable bonds is 2. The van der Waals surface area contributed by atoms with Gasteiger partial charge in [0.25, 0.3) is 0 Å². The number of fused-ring (bicyclic) bond motifs is 1. The van der Waals surface area contributed by atoms with Gasteiger partial charge in [-0.3, -0.25) is 0 Å². The van der Waals surface area contributed by atoms with Crippen LogP contribution in [0.25, 0.3) is 0 Å². The van der Waals surface area contributed by atoms with E-state index in [1.165, 1.54) is 19.4 Å². The van der Waals surface area contributed by atoms with Gasteiger partial charge in [0.2, 0.25) is 0 Å². The molecular formula is C13H23N. The average Bonchev–Trinajstić information content (AvgIpc) is 3.02. The lowest BCUT2D eigenvalue weighted by Gasteiger charge is -2.23. The highest BCUT2D eigenvalue weighted by Gasteiger charge is 2.60. The predicted octanol–water partition coefficient (Wildman–Crippen LogP) is 2.67. The monoisotopic (exact) mass is 193 g/mol. The molecule has 3 aliphatic rings. The smallest absolute Gasteiger partial charge is 0.00179 e. The normalized spacial score (nSPS) is 55.3. The van der Waals surface area contributed by atoms with Crippen molar-refractivity contribution >= 4 is 0 Å². The van der Waals surface area contributed by atoms with E-state index in [4.69, 9.17) is 0 Å². The lowest BCUT2D eigenvalue weighted by molar-refractivity contribution is 0.265. The number of hydrogen-bond acceptors (Lipinski definition) is 1. The molecule has 14 heavy (non-hydrogen) atoms. The highest BCUT2D eigenvalue weighted by Crippen LogP contribution is 2.68. The molecule has 0 radical (unpaired) electrons. The molecule has 1 N–H and O–H groups in total. The molecule has 1 nitrogen and oxygen atoms in total. The van der Waals surface area contributed by atoms with Crippen LogP contribution in [0, 0.1) is 29.1 Å². The molecule has 1 heteroatoms. The molecule has 0 aliphatic heterocycles. The van der Waals surface area contributed by atoms with Crippen LogP contribution in [-0.4, -0.2) is 13.6 Å². The largest absolute Gasteiger partial charge is 0.319 e. The number of hydrogen-bond donors (Lipinski definition) is 1. The number of nitrogens with one attached hydrogen (secondary N) is 1. The summed E-state index contributed by atoms with van der Waals surface area (Å²) in [5.41, 5.74) is 0.791. The first-order valence-corrected chi connectivity index (χ1v) is 6.41. The van der Waals surface area contributed by atoms with Crippen LogP contribution < -0.4 is 5.32 Å². The molecule has 0 aromatic rings. The second-order valence-electron chi connectivity index (χ2n) is 6.13. The molecule has 0 aromatic carbocycles. The van der Waals surface area contributed by atoms with Gasteiger partial charge in [-0.15, -0.1) is 0 Å². The van der Waals surface area contributed by atoms with E-state index >= 15 is 0 Å². The zero-order valence-electron chi connectivity index (χ0n) is 9.55. The van der Waals surface area contributed by atoms with Crippen LogP contribution in [0.3, 0.4) is 0 Å². The Bertz CT molecular complexity index is 237. The molecule has 0 amide bonds. The van der Waals surface area contributed by atoms with Crippen molar-refractivity contribution in [2.75, 3.05) is 13.6 Å². The Morgan fingerprint density at radius 3 is 2.86 bits per heavy atom. The van der Waals surface area contributed by atoms with Crippen molar-refractivity contribution < 1.29 is 0 Å². The third-order valence-electron chi connectivity index (χ3n) is 5.39. The van der Waals surface area contributed by atoms with E-state index in [1.54, 1.807) is 19.3 Å². The third-order valence-corrected chi connectivity index (χ3v) is 5.39. The molecular weight excluding hydrogens is 170 g/mol. The van der Waals surface area contributed by atoms with E-state index < -0.39 is 0 Å². The van der Waals surface area contributed by atoms with Crippen molar-refractivity contribution in [2.45, 2.75) is 39.0 Å². The van der Waals surface area contributed by atoms with Crippen LogP contribution in [0.5, 0.6) is 0 Å². The van der Waals surface area contributed by atoms with E-state index in [2.05, 4.69) is 19.3 Å². The zero-order chi connectivity index (χ0) is 9.76. The molecule has 0 saturated heterocycles. The first-order valence-electron chi connectivity index (χ1n) is 6.41. The van der Waals surface area contributed by atoms with Gasteiger partial charge in [-0.25, -0.2) is 0 Å². The Kier molecular flexibility index (Phi) is 1.96. The molecule has 3 rings (SSSR count). The maximum Gasteiger partial charge on any atom is -0.00179 e. The summed E-state index contributed by atoms with van der Waals surface area (Å²) in [4.78, 5) is 0. The zero-order valence-corrected chi connectivity index (χ0v) is 9.55. The summed E-state index contributed by atoms with van der Waals surface area (Å²) in [6.07, 6.45) is 7.73. The van der Waals surface area contributed by atoms with Crippen molar-refractivity contribution in [1.82, 2.24) is 5.32 Å². The van der Waals surface area contributed by atoms with Gasteiger partial charge in [0, 0.05) is 0 Å². The maximum atomic E-state index is 3.37. The molecule has 0 aromatic heterocycles. The Morgan fingerprint density at radius 1 is 1.21 bits per heavy atom. The van der Waals surface area contributed by atoms with E-state index in [0.29, 0.717) is 0 Å². The second-order valence-corrected chi connectivity index (χ2v) is 6.13.